The van der Waals surface area contributed by atoms with Gasteiger partial charge in [-0.05, 0) is 19.3 Å². The van der Waals surface area contributed by atoms with E-state index in [4.69, 9.17) is 5.14 Å². The first kappa shape index (κ1) is 9.87. The van der Waals surface area contributed by atoms with Crippen molar-refractivity contribution in [2.75, 3.05) is 12.4 Å². The van der Waals surface area contributed by atoms with Gasteiger partial charge in [-0.25, -0.2) is 18.7 Å². The van der Waals surface area contributed by atoms with Gasteiger partial charge in [-0.1, -0.05) is 0 Å². The molecule has 0 fully saturated rings. The predicted octanol–water partition coefficient (Wildman–Crippen LogP) is -0.124. The fraction of sp³-hybridized carbons (Fsp3) is 1.00. The van der Waals surface area contributed by atoms with Crippen molar-refractivity contribution in [1.29, 1.82) is 0 Å². The Kier molecular flexibility index (Phi) is 4.59. The molecule has 0 aliphatic heterocycles. The van der Waals surface area contributed by atoms with Gasteiger partial charge in [-0.15, -0.1) is 0 Å². The molecule has 10 heavy (non-hydrogen) atoms. The molecule has 0 saturated heterocycles. The third kappa shape index (κ3) is 7.87. The molecule has 0 spiro atoms. The summed E-state index contributed by atoms with van der Waals surface area (Å²) in [7, 11) is -3.31. The number of sulfonamides is 1. The van der Waals surface area contributed by atoms with Gasteiger partial charge in [0.25, 0.3) is 0 Å². The summed E-state index contributed by atoms with van der Waals surface area (Å²) in [4.78, 5) is 0. The molecule has 0 amide bonds. The third-order valence-corrected chi connectivity index (χ3v) is 1.93. The van der Waals surface area contributed by atoms with E-state index < -0.39 is 10.0 Å². The first-order valence-electron chi connectivity index (χ1n) is 3.15. The van der Waals surface area contributed by atoms with Crippen LogP contribution in [-0.4, -0.2) is 20.8 Å². The summed E-state index contributed by atoms with van der Waals surface area (Å²) in [5.74, 6) is -0.00694. The zero-order valence-corrected chi connectivity index (χ0v) is 6.56. The average molecular weight is 166 g/mol. The van der Waals surface area contributed by atoms with Crippen LogP contribution < -0.4 is 5.14 Å². The highest BCUT2D eigenvalue weighted by molar-refractivity contribution is 7.89. The summed E-state index contributed by atoms with van der Waals surface area (Å²) >= 11 is 0. The van der Waals surface area contributed by atoms with Crippen LogP contribution in [0, 0.1) is 0 Å². The Labute approximate surface area is 61.1 Å². The number of hydrogen-bond acceptors (Lipinski definition) is 2. The molecule has 0 aromatic rings. The lowest BCUT2D eigenvalue weighted by Crippen LogP contribution is -2.16. The van der Waals surface area contributed by atoms with Gasteiger partial charge >= 0.3 is 0 Å². The summed E-state index contributed by atoms with van der Waals surface area (Å²) in [6.45, 7) is -0.134. The minimum Gasteiger partial charge on any atom is -0.237 e. The molecule has 0 atom stereocenters. The summed E-state index contributed by atoms with van der Waals surface area (Å²) in [6, 6.07) is 0. The lowest BCUT2D eigenvalue weighted by molar-refractivity contribution is 0.186. The van der Waals surface area contributed by atoms with E-state index >= 15 is 0 Å². The zero-order valence-electron chi connectivity index (χ0n) is 5.75. The highest BCUT2D eigenvalue weighted by atomic mass is 32.2. The number of nitrogens with two attached hydrogens (primary N) is 1. The fourth-order valence-electron chi connectivity index (χ4n) is 0.582. The van der Waals surface area contributed by atoms with Crippen molar-refractivity contribution in [1.82, 2.24) is 0 Å². The van der Waals surface area contributed by atoms with Crippen molar-refractivity contribution in [3.8, 4) is 0 Å². The van der Waals surface area contributed by atoms with Gasteiger partial charge in [0, 0.05) is 0 Å². The number of hydrogen-bond donors (Lipinski definition) is 1. The van der Waals surface area contributed by atoms with Gasteiger partial charge in [-0.2, -0.15) is 0 Å². The van der Waals surface area contributed by atoms with Gasteiger partial charge in [0.1, 0.15) is 0 Å². The van der Waals surface area contributed by atoms with E-state index in [0.717, 1.165) is 0 Å². The lowest BCUT2D eigenvalue weighted by atomic mass is 10.3. The molecule has 0 heterocycles. The van der Waals surface area contributed by atoms with E-state index in [1.807, 2.05) is 0 Å². The average Bonchev–Trinajstić information content (AvgIpc) is 1.78. The van der Waals surface area contributed by atoms with Crippen LogP contribution in [0.5, 0.6) is 0 Å². The molecule has 0 aliphatic rings. The second kappa shape index (κ2) is 4.65. The zero-order chi connectivity index (χ0) is 8.04. The second-order valence-electron chi connectivity index (χ2n) is 2.13. The maximum absolute atomic E-state index is 10.3. The van der Waals surface area contributed by atoms with E-state index in [9.17, 15) is 13.5 Å². The molecule has 0 saturated carbocycles. The number of primary sulfonamides is 1. The SMILES string of the molecule is NS(=O)(=O)CCCCC[O]. The van der Waals surface area contributed by atoms with Gasteiger partial charge in [0.15, 0.2) is 0 Å². The molecule has 5 heteroatoms. The molecular weight excluding hydrogens is 154 g/mol. The van der Waals surface area contributed by atoms with Gasteiger partial charge < -0.3 is 0 Å². The maximum atomic E-state index is 10.3. The molecular formula is C5H12NO3S. The third-order valence-electron chi connectivity index (χ3n) is 1.07. The van der Waals surface area contributed by atoms with E-state index in [1.54, 1.807) is 0 Å². The predicted molar refractivity (Wildman–Crippen MR) is 37.4 cm³/mol. The molecule has 61 valence electrons. The fourth-order valence-corrected chi connectivity index (χ4v) is 1.19. The topological polar surface area (TPSA) is 80.1 Å². The van der Waals surface area contributed by atoms with Crippen molar-refractivity contribution >= 4 is 10.0 Å². The van der Waals surface area contributed by atoms with Crippen molar-refractivity contribution in [2.24, 2.45) is 5.14 Å². The van der Waals surface area contributed by atoms with Crippen molar-refractivity contribution in [3.05, 3.63) is 0 Å². The minimum absolute atomic E-state index is 0.00694. The van der Waals surface area contributed by atoms with Crippen LogP contribution in [0.1, 0.15) is 19.3 Å². The Morgan fingerprint density at radius 1 is 1.10 bits per heavy atom. The van der Waals surface area contributed by atoms with Gasteiger partial charge in [-0.3, -0.25) is 0 Å². The first-order valence-corrected chi connectivity index (χ1v) is 4.86. The first-order chi connectivity index (χ1) is 4.56. The van der Waals surface area contributed by atoms with Crippen LogP contribution in [0.2, 0.25) is 0 Å². The van der Waals surface area contributed by atoms with E-state index in [2.05, 4.69) is 0 Å². The Hall–Kier alpha value is -0.130. The largest absolute Gasteiger partial charge is 0.237 e. The molecule has 0 unspecified atom stereocenters. The Morgan fingerprint density at radius 3 is 2.10 bits per heavy atom. The second-order valence-corrected chi connectivity index (χ2v) is 3.87. The van der Waals surface area contributed by atoms with Crippen LogP contribution in [0.15, 0.2) is 0 Å². The van der Waals surface area contributed by atoms with Crippen molar-refractivity contribution in [3.63, 3.8) is 0 Å². The summed E-state index contributed by atoms with van der Waals surface area (Å²) in [5, 5.41) is 14.6. The number of rotatable bonds is 5. The molecule has 4 nitrogen and oxygen atoms in total. The highest BCUT2D eigenvalue weighted by Gasteiger charge is 2.00. The van der Waals surface area contributed by atoms with Crippen LogP contribution in [0.4, 0.5) is 0 Å². The standard InChI is InChI=1S/C5H12NO3S/c6-10(8,9)5-3-1-2-4-7/h1-5H2,(H2,6,8,9). The van der Waals surface area contributed by atoms with Crippen molar-refractivity contribution in [2.45, 2.75) is 19.3 Å². The Morgan fingerprint density at radius 2 is 1.70 bits per heavy atom. The minimum atomic E-state index is -3.31. The van der Waals surface area contributed by atoms with Crippen molar-refractivity contribution < 1.29 is 13.5 Å². The molecule has 0 bridgehead atoms. The smallest absolute Gasteiger partial charge is 0.209 e. The van der Waals surface area contributed by atoms with E-state index in [1.165, 1.54) is 0 Å². The summed E-state index contributed by atoms with van der Waals surface area (Å²) in [6.07, 6.45) is 1.69. The molecule has 2 N–H and O–H groups in total. The highest BCUT2D eigenvalue weighted by Crippen LogP contribution is 1.95. The monoisotopic (exact) mass is 166 g/mol. The molecule has 0 aromatic carbocycles. The Bertz CT molecular complexity index is 164. The van der Waals surface area contributed by atoms with E-state index in [0.29, 0.717) is 19.3 Å². The van der Waals surface area contributed by atoms with Crippen LogP contribution in [0.25, 0.3) is 0 Å². The van der Waals surface area contributed by atoms with Crippen LogP contribution >= 0.6 is 0 Å². The quantitative estimate of drug-likeness (QED) is 0.577. The molecule has 1 radical (unpaired) electrons. The molecule has 0 rings (SSSR count). The van der Waals surface area contributed by atoms with Crippen LogP contribution in [-0.2, 0) is 15.1 Å². The summed E-state index contributed by atoms with van der Waals surface area (Å²) in [5.41, 5.74) is 0. The molecule has 0 aromatic heterocycles. The normalized spacial score (nSPS) is 11.8. The van der Waals surface area contributed by atoms with Gasteiger partial charge in [0.05, 0.1) is 12.4 Å². The van der Waals surface area contributed by atoms with Crippen LogP contribution in [0.3, 0.4) is 0 Å². The lowest BCUT2D eigenvalue weighted by Gasteiger charge is -1.95. The van der Waals surface area contributed by atoms with E-state index in [-0.39, 0.29) is 12.4 Å². The maximum Gasteiger partial charge on any atom is 0.209 e. The number of unbranched alkanes of at least 4 members (excludes halogenated alkanes) is 2. The van der Waals surface area contributed by atoms with Gasteiger partial charge in [0.2, 0.25) is 10.0 Å². The molecule has 0 aliphatic carbocycles. The Balaban J connectivity index is 3.21. The summed E-state index contributed by atoms with van der Waals surface area (Å²) < 4.78 is 20.6.